The Morgan fingerprint density at radius 3 is 2.16 bits per heavy atom. The number of benzene rings is 4. The lowest BCUT2D eigenvalue weighted by atomic mass is 10.0. The van der Waals surface area contributed by atoms with Crippen molar-refractivity contribution in [2.24, 2.45) is 13.0 Å². The number of esters is 1. The molecule has 5 heterocycles. The molecule has 10 amide bonds. The minimum atomic E-state index is -1.60. The predicted molar refractivity (Wildman–Crippen MR) is 357 cm³/mol. The zero-order valence-electron chi connectivity index (χ0n) is 55.3. The molecule has 8 N–H and O–H groups in total. The summed E-state index contributed by atoms with van der Waals surface area (Å²) >= 11 is 0. The number of aliphatic hydroxyl groups is 1. The van der Waals surface area contributed by atoms with Crippen LogP contribution in [-0.4, -0.2) is 191 Å². The summed E-state index contributed by atoms with van der Waals surface area (Å²) in [6.07, 6.45) is 1.37. The molecule has 2 unspecified atom stereocenters. The summed E-state index contributed by atoms with van der Waals surface area (Å²) in [6, 6.07) is 18.1. The number of aromatic nitrogens is 4. The van der Waals surface area contributed by atoms with Crippen molar-refractivity contribution in [2.45, 2.75) is 83.8 Å². The number of imide groups is 1. The van der Waals surface area contributed by atoms with Crippen molar-refractivity contribution < 1.29 is 86.3 Å². The van der Waals surface area contributed by atoms with Gasteiger partial charge in [0.25, 0.3) is 23.6 Å². The fraction of sp³-hybridized carbons (Fsp3) is 0.368. The van der Waals surface area contributed by atoms with Crippen LogP contribution in [0.25, 0.3) is 22.4 Å². The number of hydrogen-bond donors (Lipinski definition) is 8. The fourth-order valence-electron chi connectivity index (χ4n) is 10.8. The summed E-state index contributed by atoms with van der Waals surface area (Å²) in [5, 5.41) is 28.2. The second-order valence-corrected chi connectivity index (χ2v) is 23.7. The molecule has 31 heteroatoms. The molecular weight excluding hydrogens is 1290 g/mol. The number of aromatic amines is 1. The van der Waals surface area contributed by atoms with Crippen LogP contribution in [0, 0.1) is 5.92 Å². The van der Waals surface area contributed by atoms with Gasteiger partial charge in [0.05, 0.1) is 81.1 Å². The van der Waals surface area contributed by atoms with Gasteiger partial charge in [-0.3, -0.25) is 48.1 Å². The number of carbonyl (C=O) groups is 11. The van der Waals surface area contributed by atoms with Crippen molar-refractivity contribution in [3.05, 3.63) is 132 Å². The number of carbonyl (C=O) groups excluding carboxylic acids is 11. The van der Waals surface area contributed by atoms with Gasteiger partial charge >= 0.3 is 12.1 Å². The number of anilines is 4. The number of ether oxygens (including phenoxy) is 6. The third-order valence-electron chi connectivity index (χ3n) is 16.1. The molecule has 3 aliphatic rings. The Balaban J connectivity index is 0.715. The van der Waals surface area contributed by atoms with Gasteiger partial charge in [-0.1, -0.05) is 38.1 Å². The molecule has 0 spiro atoms. The monoisotopic (exact) mass is 1360 g/mol. The van der Waals surface area contributed by atoms with E-state index in [1.165, 1.54) is 48.9 Å². The molecule has 31 nitrogen and oxygen atoms in total. The molecule has 2 aromatic heterocycles. The molecule has 0 radical (unpaired) electrons. The maximum absolute atomic E-state index is 14.3. The van der Waals surface area contributed by atoms with E-state index in [-0.39, 0.29) is 138 Å². The Labute approximate surface area is 567 Å². The number of nitrogens with one attached hydrogen (secondary N) is 7. The summed E-state index contributed by atoms with van der Waals surface area (Å²) < 4.78 is 34.7. The van der Waals surface area contributed by atoms with E-state index in [4.69, 9.17) is 28.4 Å². The smallest absolute Gasteiger partial charge is 0.416 e. The Bertz CT molecular complexity index is 4070. The van der Waals surface area contributed by atoms with Gasteiger partial charge < -0.3 is 79.9 Å². The summed E-state index contributed by atoms with van der Waals surface area (Å²) in [4.78, 5) is 157. The Hall–Kier alpha value is -11.3. The van der Waals surface area contributed by atoms with E-state index in [1.807, 2.05) is 0 Å². The number of aliphatic hydroxyl groups excluding tert-OH is 1. The Morgan fingerprint density at radius 1 is 0.747 bits per heavy atom. The van der Waals surface area contributed by atoms with Crippen LogP contribution in [-0.2, 0) is 66.2 Å². The lowest BCUT2D eigenvalue weighted by molar-refractivity contribution is -0.137. The molecule has 0 aliphatic carbocycles. The molecule has 9 rings (SSSR count). The van der Waals surface area contributed by atoms with Crippen molar-refractivity contribution in [3.63, 3.8) is 0 Å². The van der Waals surface area contributed by atoms with Gasteiger partial charge in [-0.25, -0.2) is 24.5 Å². The van der Waals surface area contributed by atoms with Gasteiger partial charge in [-0.2, -0.15) is 0 Å². The number of rotatable bonds is 31. The van der Waals surface area contributed by atoms with Gasteiger partial charge in [0.1, 0.15) is 24.5 Å². The van der Waals surface area contributed by atoms with Crippen LogP contribution in [0.5, 0.6) is 11.5 Å². The van der Waals surface area contributed by atoms with E-state index in [1.54, 1.807) is 87.6 Å². The Kier molecular flexibility index (Phi) is 24.1. The van der Waals surface area contributed by atoms with Crippen molar-refractivity contribution in [3.8, 4) is 22.9 Å². The minimum absolute atomic E-state index is 0.00655. The molecule has 0 saturated carbocycles. The van der Waals surface area contributed by atoms with Crippen LogP contribution < -0.4 is 46.3 Å². The van der Waals surface area contributed by atoms with Crippen LogP contribution in [0.15, 0.2) is 109 Å². The van der Waals surface area contributed by atoms with Gasteiger partial charge in [0.2, 0.25) is 35.4 Å². The third kappa shape index (κ3) is 18.4. The molecule has 4 aromatic carbocycles. The summed E-state index contributed by atoms with van der Waals surface area (Å²) in [6.45, 7) is 9.46. The van der Waals surface area contributed by atoms with Gasteiger partial charge in [-0.05, 0) is 91.9 Å². The quantitative estimate of drug-likeness (QED) is 0.0129. The summed E-state index contributed by atoms with van der Waals surface area (Å²) in [7, 11) is 4.28. The number of hydrogen-bond acceptors (Lipinski definition) is 20. The highest BCUT2D eigenvalue weighted by atomic mass is 16.6. The van der Waals surface area contributed by atoms with Crippen LogP contribution in [0.1, 0.15) is 89.8 Å². The SMILES string of the molecule is C=C1CC2C(O)N(C(=O)OCc3ccc(NC(=O)[C@H](C)NC(=O)[C@@H](NC(=O)CCOCCOCCNC(=O)CCN4C(=O)C=CC4=O)C(C)C)cc3)c3cc(OCCCC(=O)Nc4cn(C)c(C(=O)Nc5ccc(-c6nc7ccc(C(=O)OC)cc7[nH]6)cc5)n4)c(OC)cc3C(=O)N2C1. The number of amides is 10. The topological polar surface area (TPSA) is 392 Å². The zero-order valence-corrected chi connectivity index (χ0v) is 55.3. The molecule has 1 saturated heterocycles. The largest absolute Gasteiger partial charge is 0.493 e. The first-order valence-corrected chi connectivity index (χ1v) is 31.7. The van der Waals surface area contributed by atoms with Crippen LogP contribution in [0.4, 0.5) is 27.7 Å². The number of aryl methyl sites for hydroxylation is 1. The molecule has 0 bridgehead atoms. The van der Waals surface area contributed by atoms with Crippen molar-refractivity contribution in [2.75, 3.05) is 87.7 Å². The second kappa shape index (κ2) is 33.1. The first-order chi connectivity index (χ1) is 47.5. The second-order valence-electron chi connectivity index (χ2n) is 23.7. The van der Waals surface area contributed by atoms with Gasteiger partial charge in [0, 0.05) is 87.3 Å². The first-order valence-electron chi connectivity index (χ1n) is 31.7. The maximum Gasteiger partial charge on any atom is 0.416 e. The number of methoxy groups -OCH3 is 2. The van der Waals surface area contributed by atoms with Gasteiger partial charge in [0.15, 0.2) is 23.5 Å². The van der Waals surface area contributed by atoms with Crippen molar-refractivity contribution in [1.29, 1.82) is 0 Å². The molecule has 3 aliphatic heterocycles. The number of fused-ring (bicyclic) bond motifs is 3. The van der Waals surface area contributed by atoms with Crippen LogP contribution in [0.3, 0.4) is 0 Å². The van der Waals surface area contributed by atoms with Crippen LogP contribution >= 0.6 is 0 Å². The third-order valence-corrected chi connectivity index (χ3v) is 16.1. The maximum atomic E-state index is 14.3. The summed E-state index contributed by atoms with van der Waals surface area (Å²) in [5.41, 5.74) is 4.33. The van der Waals surface area contributed by atoms with Crippen molar-refractivity contribution >= 4 is 99.1 Å². The number of imidazole rings is 2. The Morgan fingerprint density at radius 2 is 1.45 bits per heavy atom. The fourth-order valence-corrected chi connectivity index (χ4v) is 10.8. The molecule has 6 aromatic rings. The normalized spacial score (nSPS) is 15.4. The lowest BCUT2D eigenvalue weighted by Gasteiger charge is -2.31. The first kappa shape index (κ1) is 72.0. The van der Waals surface area contributed by atoms with E-state index in [2.05, 4.69) is 53.4 Å². The molecule has 4 atom stereocenters. The van der Waals surface area contributed by atoms with E-state index in [0.29, 0.717) is 44.9 Å². The average Bonchev–Trinajstić information content (AvgIpc) is 1.62. The van der Waals surface area contributed by atoms with E-state index >= 15 is 0 Å². The minimum Gasteiger partial charge on any atom is -0.493 e. The molecule has 99 heavy (non-hydrogen) atoms. The van der Waals surface area contributed by atoms with Crippen LogP contribution in [0.2, 0.25) is 0 Å². The highest BCUT2D eigenvalue weighted by Gasteiger charge is 2.46. The molecule has 522 valence electrons. The van der Waals surface area contributed by atoms with Gasteiger partial charge in [-0.15, -0.1) is 0 Å². The lowest BCUT2D eigenvalue weighted by Crippen LogP contribution is -2.53. The highest BCUT2D eigenvalue weighted by Crippen LogP contribution is 2.42. The van der Waals surface area contributed by atoms with E-state index in [9.17, 15) is 57.8 Å². The zero-order chi connectivity index (χ0) is 71.0. The van der Waals surface area contributed by atoms with E-state index in [0.717, 1.165) is 27.5 Å². The predicted octanol–water partition coefficient (Wildman–Crippen LogP) is 4.49. The average molecular weight is 1360 g/mol. The highest BCUT2D eigenvalue weighted by molar-refractivity contribution is 6.13. The standard InChI is InChI=1S/C68H77N13O18/c1-38(2)59(77-56(84)23-27-96-29-30-97-28-24-69-54(82)22-25-79-57(85)20-21-58(79)86)63(88)70-40(4)62(87)71-44-15-10-41(11-16-44)37-99-68(93)81-49-34-52(51(94-6)33-46(49)65(90)80-35-39(3)31-50(80)66(81)91)98-26-8-9-55(83)75-53-36-78(5)61(76-53)64(89)72-45-17-12-42(13-18-45)60-73-47-19-14-43(67(92)95-7)32-48(47)74-60/h10-21,32-34,36,38,40,50,59,66,91H,3,8-9,22-31,35,37H2,1-2,4-7H3,(H,69,82)(H,70,88)(H,71,87)(H,72,89)(H,73,74)(H,75,83)(H,77,84)/t40-,50?,59-,66?/m0/s1. The molecule has 1 fully saturated rings. The number of nitrogens with zero attached hydrogens (tertiary/aromatic N) is 6. The van der Waals surface area contributed by atoms with Crippen molar-refractivity contribution in [1.82, 2.24) is 45.3 Å². The summed E-state index contributed by atoms with van der Waals surface area (Å²) in [5.74, 6) is -4.27. The number of H-pyrrole nitrogens is 1. The van der Waals surface area contributed by atoms with E-state index < -0.39 is 83.7 Å². The molecular formula is C68H77N13O18.